The Balaban J connectivity index is 2.17. The van der Waals surface area contributed by atoms with Gasteiger partial charge in [-0.25, -0.2) is 0 Å². The summed E-state index contributed by atoms with van der Waals surface area (Å²) in [5.41, 5.74) is 9.62. The molecule has 0 unspecified atom stereocenters. The Hall–Kier alpha value is -1.38. The number of benzene rings is 1. The zero-order valence-corrected chi connectivity index (χ0v) is 12.4. The molecule has 0 bridgehead atoms. The fourth-order valence-corrected chi connectivity index (χ4v) is 2.92. The van der Waals surface area contributed by atoms with Gasteiger partial charge in [0.2, 0.25) is 0 Å². The topological polar surface area (TPSA) is 32.5 Å². The summed E-state index contributed by atoms with van der Waals surface area (Å²) < 4.78 is 0. The monoisotopic (exact) mass is 261 g/mol. The van der Waals surface area contributed by atoms with Gasteiger partial charge in [-0.1, -0.05) is 12.8 Å². The van der Waals surface area contributed by atoms with Crippen LogP contribution >= 0.6 is 0 Å². The lowest BCUT2D eigenvalue weighted by molar-refractivity contribution is 0.726. The Morgan fingerprint density at radius 1 is 1.05 bits per heavy atom. The fourth-order valence-electron chi connectivity index (χ4n) is 2.92. The minimum absolute atomic E-state index is 0.908. The maximum absolute atomic E-state index is 6.25. The Bertz CT molecular complexity index is 391. The third-order valence-electron chi connectivity index (χ3n) is 4.09. The van der Waals surface area contributed by atoms with Crippen molar-refractivity contribution in [1.82, 2.24) is 0 Å². The molecule has 0 amide bonds. The second kappa shape index (κ2) is 6.69. The van der Waals surface area contributed by atoms with Crippen LogP contribution in [0.2, 0.25) is 0 Å². The van der Waals surface area contributed by atoms with E-state index in [1.807, 2.05) is 0 Å². The molecule has 1 aliphatic heterocycles. The van der Waals surface area contributed by atoms with Crippen molar-refractivity contribution in [3.05, 3.63) is 18.2 Å². The molecule has 3 nitrogen and oxygen atoms in total. The molecule has 0 aliphatic carbocycles. The largest absolute Gasteiger partial charge is 0.397 e. The van der Waals surface area contributed by atoms with Crippen molar-refractivity contribution >= 4 is 17.1 Å². The fraction of sp³-hybridized carbons (Fsp3) is 0.625. The van der Waals surface area contributed by atoms with Crippen LogP contribution in [-0.4, -0.2) is 26.2 Å². The molecule has 106 valence electrons. The number of nitrogen functional groups attached to an aromatic ring is 1. The molecule has 1 aliphatic rings. The molecule has 1 heterocycles. The van der Waals surface area contributed by atoms with Crippen LogP contribution in [0.1, 0.15) is 39.5 Å². The van der Waals surface area contributed by atoms with E-state index in [4.69, 9.17) is 5.73 Å². The highest BCUT2D eigenvalue weighted by molar-refractivity contribution is 5.73. The van der Waals surface area contributed by atoms with Gasteiger partial charge in [0.05, 0.1) is 11.4 Å². The lowest BCUT2D eigenvalue weighted by Gasteiger charge is -2.26. The molecule has 0 saturated carbocycles. The van der Waals surface area contributed by atoms with Crippen molar-refractivity contribution < 1.29 is 0 Å². The summed E-state index contributed by atoms with van der Waals surface area (Å²) in [4.78, 5) is 4.79. The predicted octanol–water partition coefficient (Wildman–Crippen LogP) is 3.50. The maximum Gasteiger partial charge on any atom is 0.0601 e. The van der Waals surface area contributed by atoms with Gasteiger partial charge in [-0.2, -0.15) is 0 Å². The quantitative estimate of drug-likeness (QED) is 0.842. The highest BCUT2D eigenvalue weighted by Crippen LogP contribution is 2.29. The first-order valence-corrected chi connectivity index (χ1v) is 7.65. The molecule has 0 aromatic heterocycles. The third-order valence-corrected chi connectivity index (χ3v) is 4.09. The number of hydrogen-bond acceptors (Lipinski definition) is 3. The van der Waals surface area contributed by atoms with Gasteiger partial charge in [0.25, 0.3) is 0 Å². The van der Waals surface area contributed by atoms with Crippen LogP contribution in [0.4, 0.5) is 17.1 Å². The van der Waals surface area contributed by atoms with Crippen molar-refractivity contribution in [3.63, 3.8) is 0 Å². The van der Waals surface area contributed by atoms with Gasteiger partial charge in [0, 0.05) is 31.9 Å². The Morgan fingerprint density at radius 2 is 1.68 bits per heavy atom. The normalized spacial score (nSPS) is 16.2. The summed E-state index contributed by atoms with van der Waals surface area (Å²) in [5, 5.41) is 0. The van der Waals surface area contributed by atoms with Crippen molar-refractivity contribution in [1.29, 1.82) is 0 Å². The molecule has 0 radical (unpaired) electrons. The van der Waals surface area contributed by atoms with Crippen LogP contribution in [0.25, 0.3) is 0 Å². The molecule has 1 aromatic rings. The molecule has 1 saturated heterocycles. The number of anilines is 3. The van der Waals surface area contributed by atoms with Crippen molar-refractivity contribution in [3.8, 4) is 0 Å². The first kappa shape index (κ1) is 14.0. The number of rotatable bonds is 4. The molecule has 2 N–H and O–H groups in total. The summed E-state index contributed by atoms with van der Waals surface area (Å²) in [6.07, 6.45) is 5.34. The predicted molar refractivity (Wildman–Crippen MR) is 85.1 cm³/mol. The number of nitrogens with two attached hydrogens (primary N) is 1. The van der Waals surface area contributed by atoms with Crippen molar-refractivity contribution in [2.45, 2.75) is 39.5 Å². The molecule has 0 spiro atoms. The Kier molecular flexibility index (Phi) is 4.94. The molecular formula is C16H27N3. The Morgan fingerprint density at radius 3 is 2.21 bits per heavy atom. The van der Waals surface area contributed by atoms with Gasteiger partial charge in [-0.05, 0) is 44.9 Å². The zero-order chi connectivity index (χ0) is 13.7. The van der Waals surface area contributed by atoms with E-state index < -0.39 is 0 Å². The standard InChI is InChI=1S/C16H27N3/c1-3-18(4-2)16-10-9-14(13-15(16)17)19-11-7-5-6-8-12-19/h9-10,13H,3-8,11-12,17H2,1-2H3. The Labute approximate surface area is 117 Å². The van der Waals surface area contributed by atoms with Crippen LogP contribution in [0, 0.1) is 0 Å². The molecule has 19 heavy (non-hydrogen) atoms. The SMILES string of the molecule is CCN(CC)c1ccc(N2CCCCCC2)cc1N. The molecule has 3 heteroatoms. The molecule has 1 fully saturated rings. The lowest BCUT2D eigenvalue weighted by atomic mass is 10.2. The summed E-state index contributed by atoms with van der Waals surface area (Å²) in [6.45, 7) is 8.69. The number of hydrogen-bond donors (Lipinski definition) is 1. The van der Waals surface area contributed by atoms with Gasteiger partial charge >= 0.3 is 0 Å². The van der Waals surface area contributed by atoms with Gasteiger partial charge in [0.15, 0.2) is 0 Å². The van der Waals surface area contributed by atoms with E-state index in [-0.39, 0.29) is 0 Å². The van der Waals surface area contributed by atoms with Gasteiger partial charge in [-0.15, -0.1) is 0 Å². The van der Waals surface area contributed by atoms with Crippen LogP contribution in [0.15, 0.2) is 18.2 Å². The maximum atomic E-state index is 6.25. The molecule has 1 aromatic carbocycles. The van der Waals surface area contributed by atoms with E-state index in [0.717, 1.165) is 18.8 Å². The van der Waals surface area contributed by atoms with Crippen LogP contribution < -0.4 is 15.5 Å². The van der Waals surface area contributed by atoms with E-state index in [1.165, 1.54) is 50.1 Å². The van der Waals surface area contributed by atoms with E-state index in [2.05, 4.69) is 41.8 Å². The minimum Gasteiger partial charge on any atom is -0.397 e. The van der Waals surface area contributed by atoms with Crippen LogP contribution in [0.3, 0.4) is 0 Å². The van der Waals surface area contributed by atoms with Gasteiger partial charge < -0.3 is 15.5 Å². The van der Waals surface area contributed by atoms with Gasteiger partial charge in [0.1, 0.15) is 0 Å². The third kappa shape index (κ3) is 3.34. The van der Waals surface area contributed by atoms with Crippen molar-refractivity contribution in [2.24, 2.45) is 0 Å². The summed E-state index contributed by atoms with van der Waals surface area (Å²) >= 11 is 0. The lowest BCUT2D eigenvalue weighted by Crippen LogP contribution is -2.25. The average Bonchev–Trinajstić information content (AvgIpc) is 2.70. The first-order valence-electron chi connectivity index (χ1n) is 7.65. The smallest absolute Gasteiger partial charge is 0.0601 e. The molecular weight excluding hydrogens is 234 g/mol. The second-order valence-electron chi connectivity index (χ2n) is 5.32. The number of nitrogens with zero attached hydrogens (tertiary/aromatic N) is 2. The molecule has 0 atom stereocenters. The van der Waals surface area contributed by atoms with E-state index in [0.29, 0.717) is 0 Å². The highest BCUT2D eigenvalue weighted by atomic mass is 15.1. The minimum atomic E-state index is 0.908. The van der Waals surface area contributed by atoms with E-state index in [9.17, 15) is 0 Å². The van der Waals surface area contributed by atoms with Crippen molar-refractivity contribution in [2.75, 3.05) is 41.7 Å². The summed E-state index contributed by atoms with van der Waals surface area (Å²) in [6, 6.07) is 6.57. The summed E-state index contributed by atoms with van der Waals surface area (Å²) in [5.74, 6) is 0. The summed E-state index contributed by atoms with van der Waals surface area (Å²) in [7, 11) is 0. The average molecular weight is 261 g/mol. The molecule has 2 rings (SSSR count). The van der Waals surface area contributed by atoms with E-state index >= 15 is 0 Å². The highest BCUT2D eigenvalue weighted by Gasteiger charge is 2.12. The van der Waals surface area contributed by atoms with E-state index in [1.54, 1.807) is 0 Å². The zero-order valence-electron chi connectivity index (χ0n) is 12.4. The van der Waals surface area contributed by atoms with Crippen LogP contribution in [0.5, 0.6) is 0 Å². The van der Waals surface area contributed by atoms with Crippen LogP contribution in [-0.2, 0) is 0 Å². The van der Waals surface area contributed by atoms with Gasteiger partial charge in [-0.3, -0.25) is 0 Å². The second-order valence-corrected chi connectivity index (χ2v) is 5.32. The first-order chi connectivity index (χ1) is 9.26.